The first-order valence-electron chi connectivity index (χ1n) is 3.25. The van der Waals surface area contributed by atoms with Gasteiger partial charge in [0.25, 0.3) is 0 Å². The highest BCUT2D eigenvalue weighted by Crippen LogP contribution is 1.88. The molecule has 1 N–H and O–H groups in total. The Bertz CT molecular complexity index is 108. The molecule has 1 unspecified atom stereocenters. The molecule has 0 heterocycles. The zero-order valence-electron chi connectivity index (χ0n) is 6.19. The number of carbonyl (C=O) groups is 1. The van der Waals surface area contributed by atoms with Crippen molar-refractivity contribution in [3.8, 4) is 0 Å². The summed E-state index contributed by atoms with van der Waals surface area (Å²) < 4.78 is 16.1. The van der Waals surface area contributed by atoms with E-state index in [1.165, 1.54) is 12.5 Å². The van der Waals surface area contributed by atoms with Crippen LogP contribution in [0.3, 0.4) is 0 Å². The Balaban J connectivity index is 3.42. The quantitative estimate of drug-likeness (QED) is 0.474. The van der Waals surface area contributed by atoms with E-state index in [1.807, 2.05) is 6.92 Å². The molecule has 0 spiro atoms. The standard InChI is InChI=1S/C6H12FNO2/c1-3-4-10-6(9)5(2)8-7/h5,8H,3-4H2,1-2H3. The first kappa shape index (κ1) is 9.36. The number of halogens is 1. The number of hydrogen-bond acceptors (Lipinski definition) is 3. The molecular weight excluding hydrogens is 137 g/mol. The van der Waals surface area contributed by atoms with Crippen molar-refractivity contribution in [1.82, 2.24) is 5.54 Å². The number of nitrogens with one attached hydrogen (secondary N) is 1. The first-order chi connectivity index (χ1) is 4.72. The van der Waals surface area contributed by atoms with Gasteiger partial charge in [0.15, 0.2) is 0 Å². The third-order valence-corrected chi connectivity index (χ3v) is 0.966. The van der Waals surface area contributed by atoms with Crippen LogP contribution in [0, 0.1) is 0 Å². The molecular formula is C6H12FNO2. The van der Waals surface area contributed by atoms with E-state index in [4.69, 9.17) is 0 Å². The van der Waals surface area contributed by atoms with Gasteiger partial charge in [-0.05, 0) is 13.3 Å². The lowest BCUT2D eigenvalue weighted by molar-refractivity contribution is -0.147. The van der Waals surface area contributed by atoms with Crippen LogP contribution >= 0.6 is 0 Å². The highest BCUT2D eigenvalue weighted by atomic mass is 19.2. The van der Waals surface area contributed by atoms with Crippen LogP contribution in [0.15, 0.2) is 0 Å². The molecule has 3 nitrogen and oxygen atoms in total. The molecule has 0 saturated heterocycles. The number of carbonyl (C=O) groups excluding carboxylic acids is 1. The van der Waals surface area contributed by atoms with Crippen molar-refractivity contribution in [3.05, 3.63) is 0 Å². The van der Waals surface area contributed by atoms with Crippen LogP contribution in [0.25, 0.3) is 0 Å². The molecule has 0 radical (unpaired) electrons. The van der Waals surface area contributed by atoms with Crippen LogP contribution in [0.4, 0.5) is 4.48 Å². The molecule has 0 aliphatic carbocycles. The van der Waals surface area contributed by atoms with Gasteiger partial charge in [0.1, 0.15) is 6.04 Å². The normalized spacial score (nSPS) is 12.7. The highest BCUT2D eigenvalue weighted by molar-refractivity contribution is 5.74. The molecule has 0 saturated carbocycles. The fourth-order valence-electron chi connectivity index (χ4n) is 0.372. The molecule has 0 bridgehead atoms. The molecule has 0 aromatic carbocycles. The topological polar surface area (TPSA) is 38.3 Å². The van der Waals surface area contributed by atoms with E-state index in [0.29, 0.717) is 6.61 Å². The molecule has 0 aliphatic rings. The number of rotatable bonds is 4. The molecule has 0 fully saturated rings. The maximum absolute atomic E-state index is 11.5. The average molecular weight is 149 g/mol. The molecule has 4 heteroatoms. The molecule has 0 aromatic heterocycles. The van der Waals surface area contributed by atoms with E-state index in [1.54, 1.807) is 0 Å². The maximum atomic E-state index is 11.5. The highest BCUT2D eigenvalue weighted by Gasteiger charge is 2.12. The van der Waals surface area contributed by atoms with E-state index in [-0.39, 0.29) is 0 Å². The third kappa shape index (κ3) is 3.40. The number of ether oxygens (including phenoxy) is 1. The van der Waals surface area contributed by atoms with Gasteiger partial charge in [0.2, 0.25) is 0 Å². The summed E-state index contributed by atoms with van der Waals surface area (Å²) in [5, 5.41) is 0. The van der Waals surface area contributed by atoms with E-state index in [0.717, 1.165) is 6.42 Å². The zero-order valence-corrected chi connectivity index (χ0v) is 6.19. The van der Waals surface area contributed by atoms with Gasteiger partial charge in [-0.15, -0.1) is 10.0 Å². The Kier molecular flexibility index (Phi) is 4.84. The van der Waals surface area contributed by atoms with Crippen molar-refractivity contribution >= 4 is 5.97 Å². The summed E-state index contributed by atoms with van der Waals surface area (Å²) in [5.74, 6) is -0.552. The van der Waals surface area contributed by atoms with Crippen LogP contribution in [0.1, 0.15) is 20.3 Å². The van der Waals surface area contributed by atoms with Crippen molar-refractivity contribution < 1.29 is 14.0 Å². The number of esters is 1. The minimum Gasteiger partial charge on any atom is -0.464 e. The Hall–Kier alpha value is -0.640. The summed E-state index contributed by atoms with van der Waals surface area (Å²) in [5.41, 5.74) is 1.30. The smallest absolute Gasteiger partial charge is 0.325 e. The minimum atomic E-state index is -0.855. The molecule has 0 amide bonds. The monoisotopic (exact) mass is 149 g/mol. The Morgan fingerprint density at radius 3 is 2.80 bits per heavy atom. The van der Waals surface area contributed by atoms with Crippen LogP contribution in [0.2, 0.25) is 0 Å². The predicted octanol–water partition coefficient (Wildman–Crippen LogP) is 0.802. The Morgan fingerprint density at radius 2 is 2.40 bits per heavy atom. The average Bonchev–Trinajstić information content (AvgIpc) is 1.98. The van der Waals surface area contributed by atoms with Gasteiger partial charge in [-0.1, -0.05) is 6.92 Å². The van der Waals surface area contributed by atoms with E-state index in [9.17, 15) is 9.28 Å². The van der Waals surface area contributed by atoms with Crippen molar-refractivity contribution in [2.24, 2.45) is 0 Å². The second-order valence-corrected chi connectivity index (χ2v) is 2.00. The fourth-order valence-corrected chi connectivity index (χ4v) is 0.372. The van der Waals surface area contributed by atoms with Crippen molar-refractivity contribution in [3.63, 3.8) is 0 Å². The van der Waals surface area contributed by atoms with Crippen LogP contribution < -0.4 is 5.54 Å². The van der Waals surface area contributed by atoms with Gasteiger partial charge in [0, 0.05) is 0 Å². The summed E-state index contributed by atoms with van der Waals surface area (Å²) in [6.45, 7) is 3.63. The zero-order chi connectivity index (χ0) is 7.98. The maximum Gasteiger partial charge on any atom is 0.325 e. The summed E-state index contributed by atoms with van der Waals surface area (Å²) in [7, 11) is 0. The lowest BCUT2D eigenvalue weighted by Gasteiger charge is -2.06. The molecule has 0 rings (SSSR count). The molecule has 0 aromatic rings. The Morgan fingerprint density at radius 1 is 1.80 bits per heavy atom. The lowest BCUT2D eigenvalue weighted by atomic mass is 10.4. The van der Waals surface area contributed by atoms with Crippen molar-refractivity contribution in [2.45, 2.75) is 26.3 Å². The van der Waals surface area contributed by atoms with Gasteiger partial charge in [0.05, 0.1) is 6.61 Å². The van der Waals surface area contributed by atoms with Crippen molar-refractivity contribution in [1.29, 1.82) is 0 Å². The third-order valence-electron chi connectivity index (χ3n) is 0.966. The fraction of sp³-hybridized carbons (Fsp3) is 0.833. The van der Waals surface area contributed by atoms with Crippen LogP contribution in [0.5, 0.6) is 0 Å². The van der Waals surface area contributed by atoms with E-state index in [2.05, 4.69) is 4.74 Å². The van der Waals surface area contributed by atoms with E-state index >= 15 is 0 Å². The number of hydrogen-bond donors (Lipinski definition) is 1. The predicted molar refractivity (Wildman–Crippen MR) is 35.0 cm³/mol. The lowest BCUT2D eigenvalue weighted by Crippen LogP contribution is -2.30. The van der Waals surface area contributed by atoms with Crippen LogP contribution in [-0.4, -0.2) is 18.6 Å². The second kappa shape index (κ2) is 5.17. The SMILES string of the molecule is CCCOC(=O)C(C)NF. The first-order valence-corrected chi connectivity index (χ1v) is 3.25. The largest absolute Gasteiger partial charge is 0.464 e. The molecule has 0 aliphatic heterocycles. The van der Waals surface area contributed by atoms with Crippen LogP contribution in [-0.2, 0) is 9.53 Å². The molecule has 10 heavy (non-hydrogen) atoms. The minimum absolute atomic E-state index is 0.352. The molecule has 60 valence electrons. The Labute approximate surface area is 59.5 Å². The van der Waals surface area contributed by atoms with Gasteiger partial charge in [-0.25, -0.2) is 0 Å². The second-order valence-electron chi connectivity index (χ2n) is 2.00. The van der Waals surface area contributed by atoms with Gasteiger partial charge >= 0.3 is 5.97 Å². The van der Waals surface area contributed by atoms with E-state index < -0.39 is 12.0 Å². The summed E-state index contributed by atoms with van der Waals surface area (Å²) in [4.78, 5) is 10.6. The van der Waals surface area contributed by atoms with Gasteiger partial charge in [-0.2, -0.15) is 0 Å². The van der Waals surface area contributed by atoms with Crippen molar-refractivity contribution in [2.75, 3.05) is 6.61 Å². The summed E-state index contributed by atoms with van der Waals surface area (Å²) in [6.07, 6.45) is 0.755. The summed E-state index contributed by atoms with van der Waals surface area (Å²) >= 11 is 0. The molecule has 1 atom stereocenters. The van der Waals surface area contributed by atoms with Gasteiger partial charge in [-0.3, -0.25) is 4.79 Å². The van der Waals surface area contributed by atoms with Gasteiger partial charge < -0.3 is 4.74 Å². The summed E-state index contributed by atoms with van der Waals surface area (Å²) in [6, 6.07) is -0.855.